The molecule has 0 spiro atoms. The molecule has 0 radical (unpaired) electrons. The van der Waals surface area contributed by atoms with E-state index in [1.807, 2.05) is 0 Å². The first-order valence-corrected chi connectivity index (χ1v) is 7.40. The SMILES string of the molecule is CCCNC1CCN(CCOCCN(C)C)CC1. The molecule has 1 aliphatic heterocycles. The zero-order valence-electron chi connectivity index (χ0n) is 12.5. The molecule has 18 heavy (non-hydrogen) atoms. The van der Waals surface area contributed by atoms with Crippen LogP contribution < -0.4 is 5.32 Å². The number of nitrogens with zero attached hydrogens (tertiary/aromatic N) is 2. The number of ether oxygens (including phenoxy) is 1. The normalized spacial score (nSPS) is 18.7. The van der Waals surface area contributed by atoms with E-state index in [0.717, 1.165) is 38.9 Å². The Bertz CT molecular complexity index is 191. The first-order chi connectivity index (χ1) is 8.72. The van der Waals surface area contributed by atoms with Crippen molar-refractivity contribution in [2.75, 3.05) is 60.0 Å². The molecule has 1 rings (SSSR count). The van der Waals surface area contributed by atoms with E-state index in [2.05, 4.69) is 36.1 Å². The lowest BCUT2D eigenvalue weighted by Crippen LogP contribution is -2.43. The summed E-state index contributed by atoms with van der Waals surface area (Å²) in [5, 5.41) is 3.62. The lowest BCUT2D eigenvalue weighted by atomic mass is 10.1. The second kappa shape index (κ2) is 9.73. The highest BCUT2D eigenvalue weighted by Crippen LogP contribution is 2.09. The van der Waals surface area contributed by atoms with Crippen molar-refractivity contribution in [3.05, 3.63) is 0 Å². The van der Waals surface area contributed by atoms with Crippen molar-refractivity contribution in [3.8, 4) is 0 Å². The molecule has 4 nitrogen and oxygen atoms in total. The number of rotatable bonds is 9. The van der Waals surface area contributed by atoms with Crippen LogP contribution in [0.1, 0.15) is 26.2 Å². The molecule has 1 N–H and O–H groups in total. The van der Waals surface area contributed by atoms with Crippen LogP contribution in [0.2, 0.25) is 0 Å². The molecule has 1 fully saturated rings. The highest BCUT2D eigenvalue weighted by molar-refractivity contribution is 4.76. The van der Waals surface area contributed by atoms with Crippen LogP contribution in [0.4, 0.5) is 0 Å². The Hall–Kier alpha value is -0.160. The summed E-state index contributed by atoms with van der Waals surface area (Å²) in [6.07, 6.45) is 3.81. The van der Waals surface area contributed by atoms with Crippen LogP contribution in [0.5, 0.6) is 0 Å². The van der Waals surface area contributed by atoms with Crippen LogP contribution in [-0.2, 0) is 4.74 Å². The average molecular weight is 257 g/mol. The first kappa shape index (κ1) is 15.9. The van der Waals surface area contributed by atoms with Crippen molar-refractivity contribution < 1.29 is 4.74 Å². The average Bonchev–Trinajstić information content (AvgIpc) is 2.37. The number of nitrogens with one attached hydrogen (secondary N) is 1. The van der Waals surface area contributed by atoms with E-state index >= 15 is 0 Å². The van der Waals surface area contributed by atoms with E-state index in [1.165, 1.54) is 32.4 Å². The molecule has 4 heteroatoms. The summed E-state index contributed by atoms with van der Waals surface area (Å²) in [5.41, 5.74) is 0. The van der Waals surface area contributed by atoms with Crippen molar-refractivity contribution in [1.82, 2.24) is 15.1 Å². The number of likely N-dealkylation sites (tertiary alicyclic amines) is 1. The Morgan fingerprint density at radius 2 is 1.94 bits per heavy atom. The number of hydrogen-bond acceptors (Lipinski definition) is 4. The van der Waals surface area contributed by atoms with Gasteiger partial charge in [0.2, 0.25) is 0 Å². The predicted molar refractivity (Wildman–Crippen MR) is 77.1 cm³/mol. The van der Waals surface area contributed by atoms with Gasteiger partial charge >= 0.3 is 0 Å². The van der Waals surface area contributed by atoms with Crippen molar-refractivity contribution >= 4 is 0 Å². The van der Waals surface area contributed by atoms with Crippen molar-refractivity contribution in [3.63, 3.8) is 0 Å². The minimum absolute atomic E-state index is 0.746. The molecule has 0 bridgehead atoms. The fourth-order valence-electron chi connectivity index (χ4n) is 2.25. The van der Waals surface area contributed by atoms with Gasteiger partial charge in [0, 0.05) is 19.1 Å². The van der Waals surface area contributed by atoms with Crippen molar-refractivity contribution in [1.29, 1.82) is 0 Å². The van der Waals surface area contributed by atoms with Gasteiger partial charge in [0.15, 0.2) is 0 Å². The molecule has 0 aliphatic carbocycles. The van der Waals surface area contributed by atoms with Crippen LogP contribution >= 0.6 is 0 Å². The largest absolute Gasteiger partial charge is 0.379 e. The van der Waals surface area contributed by atoms with E-state index in [0.29, 0.717) is 0 Å². The van der Waals surface area contributed by atoms with Gasteiger partial charge in [-0.15, -0.1) is 0 Å². The van der Waals surface area contributed by atoms with E-state index in [1.54, 1.807) is 0 Å². The zero-order chi connectivity index (χ0) is 13.2. The van der Waals surface area contributed by atoms with E-state index in [-0.39, 0.29) is 0 Å². The van der Waals surface area contributed by atoms with E-state index in [4.69, 9.17) is 4.74 Å². The molecule has 0 aromatic heterocycles. The standard InChI is InChI=1S/C14H31N3O/c1-4-7-15-14-5-8-17(9-6-14)11-13-18-12-10-16(2)3/h14-15H,4-13H2,1-3H3. The van der Waals surface area contributed by atoms with E-state index < -0.39 is 0 Å². The fourth-order valence-corrected chi connectivity index (χ4v) is 2.25. The molecule has 1 saturated heterocycles. The van der Waals surface area contributed by atoms with Crippen LogP contribution in [0.15, 0.2) is 0 Å². The minimum Gasteiger partial charge on any atom is -0.379 e. The third kappa shape index (κ3) is 7.31. The summed E-state index contributed by atoms with van der Waals surface area (Å²) in [6, 6.07) is 0.746. The summed E-state index contributed by atoms with van der Waals surface area (Å²) in [6.45, 7) is 9.67. The second-order valence-electron chi connectivity index (χ2n) is 5.49. The summed E-state index contributed by atoms with van der Waals surface area (Å²) in [4.78, 5) is 4.69. The summed E-state index contributed by atoms with van der Waals surface area (Å²) in [7, 11) is 4.16. The van der Waals surface area contributed by atoms with Crippen molar-refractivity contribution in [2.24, 2.45) is 0 Å². The van der Waals surface area contributed by atoms with Gasteiger partial charge in [-0.05, 0) is 53.0 Å². The Morgan fingerprint density at radius 1 is 1.22 bits per heavy atom. The molecule has 0 unspecified atom stereocenters. The fraction of sp³-hybridized carbons (Fsp3) is 1.00. The lowest BCUT2D eigenvalue weighted by Gasteiger charge is -2.32. The molecule has 108 valence electrons. The quantitative estimate of drug-likeness (QED) is 0.624. The second-order valence-corrected chi connectivity index (χ2v) is 5.49. The Labute approximate surface area is 113 Å². The number of likely N-dealkylation sites (N-methyl/N-ethyl adjacent to an activating group) is 1. The van der Waals surface area contributed by atoms with Crippen LogP contribution in [0.3, 0.4) is 0 Å². The Kier molecular flexibility index (Phi) is 8.59. The third-order valence-electron chi connectivity index (χ3n) is 3.51. The monoisotopic (exact) mass is 257 g/mol. The van der Waals surface area contributed by atoms with Gasteiger partial charge in [-0.2, -0.15) is 0 Å². The predicted octanol–water partition coefficient (Wildman–Crippen LogP) is 1.03. The third-order valence-corrected chi connectivity index (χ3v) is 3.51. The maximum Gasteiger partial charge on any atom is 0.0594 e. The smallest absolute Gasteiger partial charge is 0.0594 e. The zero-order valence-corrected chi connectivity index (χ0v) is 12.5. The lowest BCUT2D eigenvalue weighted by molar-refractivity contribution is 0.0828. The maximum absolute atomic E-state index is 5.64. The van der Waals surface area contributed by atoms with Gasteiger partial charge in [-0.3, -0.25) is 0 Å². The van der Waals surface area contributed by atoms with Crippen molar-refractivity contribution in [2.45, 2.75) is 32.2 Å². The molecule has 1 heterocycles. The van der Waals surface area contributed by atoms with E-state index in [9.17, 15) is 0 Å². The molecular weight excluding hydrogens is 226 g/mol. The first-order valence-electron chi connectivity index (χ1n) is 7.40. The molecule has 0 aromatic carbocycles. The molecular formula is C14H31N3O. The number of piperidine rings is 1. The summed E-state index contributed by atoms with van der Waals surface area (Å²) in [5.74, 6) is 0. The Balaban J connectivity index is 1.95. The van der Waals surface area contributed by atoms with Crippen LogP contribution in [0.25, 0.3) is 0 Å². The van der Waals surface area contributed by atoms with Crippen LogP contribution in [-0.4, -0.2) is 75.9 Å². The molecule has 0 amide bonds. The maximum atomic E-state index is 5.64. The molecule has 0 atom stereocenters. The molecule has 1 aliphatic rings. The minimum atomic E-state index is 0.746. The summed E-state index contributed by atoms with van der Waals surface area (Å²) >= 11 is 0. The summed E-state index contributed by atoms with van der Waals surface area (Å²) < 4.78 is 5.64. The van der Waals surface area contributed by atoms with Crippen LogP contribution in [0, 0.1) is 0 Å². The molecule has 0 saturated carbocycles. The van der Waals surface area contributed by atoms with Gasteiger partial charge in [0.05, 0.1) is 13.2 Å². The van der Waals surface area contributed by atoms with Gasteiger partial charge in [-0.25, -0.2) is 0 Å². The number of hydrogen-bond donors (Lipinski definition) is 1. The highest BCUT2D eigenvalue weighted by Gasteiger charge is 2.17. The molecule has 0 aromatic rings. The van der Waals surface area contributed by atoms with Gasteiger partial charge in [0.1, 0.15) is 0 Å². The van der Waals surface area contributed by atoms with Gasteiger partial charge in [0.25, 0.3) is 0 Å². The van der Waals surface area contributed by atoms with Gasteiger partial charge < -0.3 is 19.9 Å². The topological polar surface area (TPSA) is 27.7 Å². The van der Waals surface area contributed by atoms with Gasteiger partial charge in [-0.1, -0.05) is 6.92 Å². The highest BCUT2D eigenvalue weighted by atomic mass is 16.5. The Morgan fingerprint density at radius 3 is 2.56 bits per heavy atom.